The molecular weight excluding hydrogens is 270 g/mol. The van der Waals surface area contributed by atoms with Crippen LogP contribution in [0.3, 0.4) is 0 Å². The van der Waals surface area contributed by atoms with Gasteiger partial charge in [0.1, 0.15) is 11.6 Å². The van der Waals surface area contributed by atoms with Gasteiger partial charge in [-0.05, 0) is 39.5 Å². The van der Waals surface area contributed by atoms with Crippen LogP contribution < -0.4 is 5.32 Å². The minimum absolute atomic E-state index is 0.297. The lowest BCUT2D eigenvalue weighted by atomic mass is 9.87. The van der Waals surface area contributed by atoms with Crippen LogP contribution in [-0.2, 0) is 14.3 Å². The van der Waals surface area contributed by atoms with Crippen LogP contribution in [-0.4, -0.2) is 30.3 Å². The Bertz CT molecular complexity index is 375. The summed E-state index contributed by atoms with van der Waals surface area (Å²) in [5, 5.41) is 2.60. The van der Waals surface area contributed by atoms with E-state index in [0.717, 1.165) is 0 Å². The largest absolute Gasteiger partial charge is 0.464 e. The number of hydrogen-bond donors (Lipinski definition) is 1. The third kappa shape index (κ3) is 9.10. The van der Waals surface area contributed by atoms with Gasteiger partial charge in [-0.25, -0.2) is 9.59 Å². The molecule has 0 aromatic heterocycles. The highest BCUT2D eigenvalue weighted by molar-refractivity contribution is 5.82. The Labute approximate surface area is 128 Å². The molecule has 5 nitrogen and oxygen atoms in total. The van der Waals surface area contributed by atoms with E-state index in [2.05, 4.69) is 5.32 Å². The predicted molar refractivity (Wildman–Crippen MR) is 83.0 cm³/mol. The number of ether oxygens (including phenoxy) is 2. The van der Waals surface area contributed by atoms with E-state index in [4.69, 9.17) is 9.47 Å². The number of alkyl carbamates (subject to hydrolysis) is 1. The van der Waals surface area contributed by atoms with Gasteiger partial charge in [-0.15, -0.1) is 0 Å². The average molecular weight is 299 g/mol. The average Bonchev–Trinajstić information content (AvgIpc) is 2.27. The molecule has 1 atom stereocenters. The van der Waals surface area contributed by atoms with Crippen LogP contribution in [0.4, 0.5) is 4.79 Å². The lowest BCUT2D eigenvalue weighted by Gasteiger charge is -2.30. The van der Waals surface area contributed by atoms with Crippen molar-refractivity contribution in [1.29, 1.82) is 0 Å². The number of rotatable bonds is 5. The van der Waals surface area contributed by atoms with Crippen LogP contribution in [0.25, 0.3) is 0 Å². The maximum Gasteiger partial charge on any atom is 0.408 e. The molecular formula is C16H29NO4. The zero-order valence-electron chi connectivity index (χ0n) is 14.3. The number of carbonyl (C=O) groups excluding carboxylic acids is 2. The second-order valence-electron chi connectivity index (χ2n) is 6.97. The molecule has 5 heteroatoms. The topological polar surface area (TPSA) is 64.6 Å². The monoisotopic (exact) mass is 299 g/mol. The van der Waals surface area contributed by atoms with Gasteiger partial charge in [0.25, 0.3) is 0 Å². The molecule has 0 heterocycles. The highest BCUT2D eigenvalue weighted by Crippen LogP contribution is 2.21. The summed E-state index contributed by atoms with van der Waals surface area (Å²) in [6.45, 7) is 13.1. The van der Waals surface area contributed by atoms with Crippen molar-refractivity contribution in [3.8, 4) is 0 Å². The van der Waals surface area contributed by atoms with Gasteiger partial charge in [-0.2, -0.15) is 0 Å². The third-order valence-corrected chi connectivity index (χ3v) is 2.53. The molecule has 0 aromatic carbocycles. The van der Waals surface area contributed by atoms with Crippen molar-refractivity contribution in [3.05, 3.63) is 12.2 Å². The van der Waals surface area contributed by atoms with Crippen LogP contribution in [0, 0.1) is 5.41 Å². The molecule has 0 bridgehead atoms. The maximum atomic E-state index is 12.1. The Balaban J connectivity index is 4.67. The molecule has 21 heavy (non-hydrogen) atoms. The fourth-order valence-electron chi connectivity index (χ4n) is 1.53. The van der Waals surface area contributed by atoms with Gasteiger partial charge in [0.2, 0.25) is 0 Å². The molecule has 0 radical (unpaired) electrons. The van der Waals surface area contributed by atoms with E-state index in [9.17, 15) is 9.59 Å². The van der Waals surface area contributed by atoms with Crippen LogP contribution >= 0.6 is 0 Å². The normalized spacial score (nSPS) is 13.9. The van der Waals surface area contributed by atoms with Crippen LogP contribution in [0.5, 0.6) is 0 Å². The van der Waals surface area contributed by atoms with Gasteiger partial charge < -0.3 is 14.8 Å². The SMILES string of the molecule is C/C=C/CCOC(=O)[C@@H](NC(=O)OC(C)(C)C)C(C)(C)C. The van der Waals surface area contributed by atoms with Gasteiger partial charge in [0.15, 0.2) is 0 Å². The highest BCUT2D eigenvalue weighted by atomic mass is 16.6. The molecule has 1 N–H and O–H groups in total. The maximum absolute atomic E-state index is 12.1. The summed E-state index contributed by atoms with van der Waals surface area (Å²) in [4.78, 5) is 24.0. The summed E-state index contributed by atoms with van der Waals surface area (Å²) in [7, 11) is 0. The van der Waals surface area contributed by atoms with Gasteiger partial charge in [0, 0.05) is 0 Å². The quantitative estimate of drug-likeness (QED) is 0.480. The van der Waals surface area contributed by atoms with E-state index in [1.165, 1.54) is 0 Å². The molecule has 122 valence electrons. The Morgan fingerprint density at radius 2 is 1.71 bits per heavy atom. The van der Waals surface area contributed by atoms with Crippen molar-refractivity contribution in [3.63, 3.8) is 0 Å². The molecule has 0 aromatic rings. The van der Waals surface area contributed by atoms with Crippen molar-refractivity contribution in [2.75, 3.05) is 6.61 Å². The number of esters is 1. The number of nitrogens with one attached hydrogen (secondary N) is 1. The summed E-state index contributed by atoms with van der Waals surface area (Å²) in [5.74, 6) is -0.446. The molecule has 0 unspecified atom stereocenters. The Kier molecular flexibility index (Phi) is 7.47. The summed E-state index contributed by atoms with van der Waals surface area (Å²) < 4.78 is 10.4. The standard InChI is InChI=1S/C16H29NO4/c1-8-9-10-11-20-13(18)12(15(2,3)4)17-14(19)21-16(5,6)7/h8-9,12H,10-11H2,1-7H3,(H,17,19)/b9-8+/t12-/m1/s1. The van der Waals surface area contributed by atoms with E-state index in [-0.39, 0.29) is 0 Å². The van der Waals surface area contributed by atoms with Gasteiger partial charge in [-0.3, -0.25) is 0 Å². The van der Waals surface area contributed by atoms with E-state index < -0.39 is 29.1 Å². The van der Waals surface area contributed by atoms with E-state index in [0.29, 0.717) is 13.0 Å². The van der Waals surface area contributed by atoms with Gasteiger partial charge >= 0.3 is 12.1 Å². The first kappa shape index (κ1) is 19.5. The minimum Gasteiger partial charge on any atom is -0.464 e. The molecule has 0 saturated carbocycles. The van der Waals surface area contributed by atoms with Crippen LogP contribution in [0.15, 0.2) is 12.2 Å². The summed E-state index contributed by atoms with van der Waals surface area (Å²) in [6, 6.07) is -0.752. The Hall–Kier alpha value is -1.52. The minimum atomic E-state index is -0.752. The van der Waals surface area contributed by atoms with Gasteiger partial charge in [-0.1, -0.05) is 32.9 Å². The van der Waals surface area contributed by atoms with Crippen molar-refractivity contribution in [2.24, 2.45) is 5.41 Å². The second-order valence-corrected chi connectivity index (χ2v) is 6.97. The molecule has 0 aliphatic carbocycles. The summed E-state index contributed by atoms with van der Waals surface area (Å²) >= 11 is 0. The third-order valence-electron chi connectivity index (χ3n) is 2.53. The molecule has 0 rings (SSSR count). The van der Waals surface area contributed by atoms with Crippen molar-refractivity contribution >= 4 is 12.1 Å². The van der Waals surface area contributed by atoms with Crippen molar-refractivity contribution in [2.45, 2.75) is 66.5 Å². The number of hydrogen-bond acceptors (Lipinski definition) is 4. The van der Waals surface area contributed by atoms with E-state index in [1.54, 1.807) is 20.8 Å². The Morgan fingerprint density at radius 3 is 2.14 bits per heavy atom. The predicted octanol–water partition coefficient (Wildman–Crippen LogP) is 3.44. The number of carbonyl (C=O) groups is 2. The van der Waals surface area contributed by atoms with Crippen molar-refractivity contribution < 1.29 is 19.1 Å². The van der Waals surface area contributed by atoms with E-state index in [1.807, 2.05) is 39.8 Å². The molecule has 0 fully saturated rings. The molecule has 1 amide bonds. The van der Waals surface area contributed by atoms with Crippen LogP contribution in [0.1, 0.15) is 54.9 Å². The molecule has 0 aliphatic heterocycles. The zero-order valence-corrected chi connectivity index (χ0v) is 14.3. The number of allylic oxidation sites excluding steroid dienone is 1. The molecule has 0 saturated heterocycles. The first-order valence-electron chi connectivity index (χ1n) is 7.24. The lowest BCUT2D eigenvalue weighted by molar-refractivity contribution is -0.148. The zero-order chi connectivity index (χ0) is 16.7. The first-order valence-corrected chi connectivity index (χ1v) is 7.24. The second kappa shape index (κ2) is 8.05. The fraction of sp³-hybridized carbons (Fsp3) is 0.750. The Morgan fingerprint density at radius 1 is 1.14 bits per heavy atom. The molecule has 0 aliphatic rings. The summed E-state index contributed by atoms with van der Waals surface area (Å²) in [6.07, 6.45) is 3.85. The van der Waals surface area contributed by atoms with Crippen molar-refractivity contribution in [1.82, 2.24) is 5.32 Å². The summed E-state index contributed by atoms with van der Waals surface area (Å²) in [5.41, 5.74) is -1.07. The lowest BCUT2D eigenvalue weighted by Crippen LogP contribution is -2.51. The van der Waals surface area contributed by atoms with Gasteiger partial charge in [0.05, 0.1) is 6.61 Å². The van der Waals surface area contributed by atoms with E-state index >= 15 is 0 Å². The molecule has 0 spiro atoms. The highest BCUT2D eigenvalue weighted by Gasteiger charge is 2.35. The first-order chi connectivity index (χ1) is 9.47. The number of amides is 1. The smallest absolute Gasteiger partial charge is 0.408 e. The van der Waals surface area contributed by atoms with Crippen LogP contribution in [0.2, 0.25) is 0 Å². The fourth-order valence-corrected chi connectivity index (χ4v) is 1.53.